The van der Waals surface area contributed by atoms with Crippen LogP contribution in [0.3, 0.4) is 0 Å². The highest BCUT2D eigenvalue weighted by molar-refractivity contribution is 5.79. The van der Waals surface area contributed by atoms with Gasteiger partial charge < -0.3 is 15.7 Å². The summed E-state index contributed by atoms with van der Waals surface area (Å²) in [5, 5.41) is 9.20. The Morgan fingerprint density at radius 2 is 2.00 bits per heavy atom. The maximum Gasteiger partial charge on any atom is 0.226 e. The van der Waals surface area contributed by atoms with Crippen LogP contribution in [0.1, 0.15) is 52.9 Å². The van der Waals surface area contributed by atoms with Crippen molar-refractivity contribution in [3.8, 4) is 0 Å². The number of hydrogen-bond acceptors (Lipinski definition) is 3. The number of hydrogen-bond donors (Lipinski definition) is 2. The lowest BCUT2D eigenvalue weighted by molar-refractivity contribution is -0.140. The second kappa shape index (κ2) is 7.85. The molecule has 1 aliphatic carbocycles. The molecule has 4 heteroatoms. The zero-order valence-corrected chi connectivity index (χ0v) is 12.6. The molecular weight excluding hydrogens is 240 g/mol. The minimum absolute atomic E-state index is 0.0391. The van der Waals surface area contributed by atoms with Crippen molar-refractivity contribution in [1.29, 1.82) is 0 Å². The zero-order valence-electron chi connectivity index (χ0n) is 12.6. The first kappa shape index (κ1) is 16.4. The number of nitrogens with two attached hydrogens (primary N) is 1. The monoisotopic (exact) mass is 270 g/mol. The molecule has 112 valence electrons. The molecule has 4 nitrogen and oxygen atoms in total. The Hall–Kier alpha value is -0.610. The van der Waals surface area contributed by atoms with Crippen molar-refractivity contribution in [2.45, 2.75) is 65.0 Å². The van der Waals surface area contributed by atoms with E-state index in [-0.39, 0.29) is 30.5 Å². The molecule has 0 spiro atoms. The summed E-state index contributed by atoms with van der Waals surface area (Å²) in [6, 6.07) is 0.385. The van der Waals surface area contributed by atoms with E-state index in [9.17, 15) is 9.90 Å². The topological polar surface area (TPSA) is 66.6 Å². The Balaban J connectivity index is 2.70. The average Bonchev–Trinajstić information content (AvgIpc) is 2.41. The fraction of sp³-hybridized carbons (Fsp3) is 0.933. The second-order valence-electron chi connectivity index (χ2n) is 5.88. The van der Waals surface area contributed by atoms with E-state index in [4.69, 9.17) is 5.73 Å². The fourth-order valence-corrected chi connectivity index (χ4v) is 3.13. The van der Waals surface area contributed by atoms with Gasteiger partial charge >= 0.3 is 0 Å². The van der Waals surface area contributed by atoms with Crippen LogP contribution in [0.2, 0.25) is 0 Å². The predicted octanol–water partition coefficient (Wildman–Crippen LogP) is 1.76. The molecule has 1 saturated carbocycles. The summed E-state index contributed by atoms with van der Waals surface area (Å²) >= 11 is 0. The Morgan fingerprint density at radius 1 is 1.37 bits per heavy atom. The van der Waals surface area contributed by atoms with Crippen LogP contribution in [0.15, 0.2) is 0 Å². The van der Waals surface area contributed by atoms with Gasteiger partial charge in [-0.2, -0.15) is 0 Å². The number of aliphatic hydroxyl groups excluding tert-OH is 1. The third-order valence-electron chi connectivity index (χ3n) is 4.61. The van der Waals surface area contributed by atoms with Gasteiger partial charge in [0.25, 0.3) is 0 Å². The van der Waals surface area contributed by atoms with E-state index in [2.05, 4.69) is 20.8 Å². The minimum Gasteiger partial charge on any atom is -0.395 e. The van der Waals surface area contributed by atoms with Crippen molar-refractivity contribution in [2.75, 3.05) is 13.2 Å². The van der Waals surface area contributed by atoms with Gasteiger partial charge in [0, 0.05) is 24.5 Å². The van der Waals surface area contributed by atoms with E-state index in [1.165, 1.54) is 0 Å². The molecule has 0 aromatic carbocycles. The normalized spacial score (nSPS) is 27.6. The molecule has 1 fully saturated rings. The third kappa shape index (κ3) is 4.18. The molecule has 3 N–H and O–H groups in total. The van der Waals surface area contributed by atoms with Crippen molar-refractivity contribution in [3.05, 3.63) is 0 Å². The van der Waals surface area contributed by atoms with Crippen molar-refractivity contribution >= 4 is 5.91 Å². The van der Waals surface area contributed by atoms with E-state index >= 15 is 0 Å². The summed E-state index contributed by atoms with van der Waals surface area (Å²) in [7, 11) is 0. The lowest BCUT2D eigenvalue weighted by Gasteiger charge is -2.37. The number of aliphatic hydroxyl groups is 1. The van der Waals surface area contributed by atoms with Crippen LogP contribution in [0.25, 0.3) is 0 Å². The Labute approximate surface area is 117 Å². The van der Waals surface area contributed by atoms with Crippen molar-refractivity contribution < 1.29 is 9.90 Å². The standard InChI is InChI=1S/C15H30N2O2/c1-4-13(5-2)17(8-9-18)15(19)12-7-6-11(3)14(16)10-12/h11-14,18H,4-10,16H2,1-3H3. The zero-order chi connectivity index (χ0) is 14.4. The highest BCUT2D eigenvalue weighted by Gasteiger charge is 2.33. The maximum absolute atomic E-state index is 12.7. The van der Waals surface area contributed by atoms with Crippen LogP contribution in [0.4, 0.5) is 0 Å². The van der Waals surface area contributed by atoms with E-state index < -0.39 is 0 Å². The summed E-state index contributed by atoms with van der Waals surface area (Å²) in [5.74, 6) is 0.770. The molecule has 0 bridgehead atoms. The molecule has 3 unspecified atom stereocenters. The molecule has 19 heavy (non-hydrogen) atoms. The quantitative estimate of drug-likeness (QED) is 0.773. The van der Waals surface area contributed by atoms with Gasteiger partial charge in [-0.15, -0.1) is 0 Å². The number of nitrogens with zero attached hydrogens (tertiary/aromatic N) is 1. The van der Waals surface area contributed by atoms with Crippen LogP contribution in [-0.2, 0) is 4.79 Å². The van der Waals surface area contributed by atoms with E-state index in [1.54, 1.807) is 0 Å². The summed E-state index contributed by atoms with van der Waals surface area (Å²) in [6.07, 6.45) is 4.65. The molecule has 0 saturated heterocycles. The third-order valence-corrected chi connectivity index (χ3v) is 4.61. The van der Waals surface area contributed by atoms with Crippen LogP contribution < -0.4 is 5.73 Å². The first-order valence-corrected chi connectivity index (χ1v) is 7.71. The minimum atomic E-state index is 0.0391. The lowest BCUT2D eigenvalue weighted by Crippen LogP contribution is -2.48. The molecule has 0 heterocycles. The Morgan fingerprint density at radius 3 is 2.47 bits per heavy atom. The molecular formula is C15H30N2O2. The van der Waals surface area contributed by atoms with E-state index in [0.29, 0.717) is 12.5 Å². The number of rotatable bonds is 6. The van der Waals surface area contributed by atoms with Crippen LogP contribution in [-0.4, -0.2) is 41.1 Å². The van der Waals surface area contributed by atoms with Gasteiger partial charge in [-0.25, -0.2) is 0 Å². The van der Waals surface area contributed by atoms with Crippen LogP contribution in [0, 0.1) is 11.8 Å². The van der Waals surface area contributed by atoms with Gasteiger partial charge in [0.2, 0.25) is 5.91 Å². The number of amides is 1. The van der Waals surface area contributed by atoms with Crippen molar-refractivity contribution in [3.63, 3.8) is 0 Å². The molecule has 1 aliphatic rings. The molecule has 1 rings (SSSR count). The SMILES string of the molecule is CCC(CC)N(CCO)C(=O)C1CCC(C)C(N)C1. The van der Waals surface area contributed by atoms with Gasteiger partial charge in [0.1, 0.15) is 0 Å². The molecule has 3 atom stereocenters. The van der Waals surface area contributed by atoms with Crippen molar-refractivity contribution in [1.82, 2.24) is 4.90 Å². The summed E-state index contributed by atoms with van der Waals surface area (Å²) in [6.45, 7) is 6.85. The summed E-state index contributed by atoms with van der Waals surface area (Å²) in [5.41, 5.74) is 6.10. The molecule has 0 aromatic rings. The smallest absolute Gasteiger partial charge is 0.226 e. The van der Waals surface area contributed by atoms with E-state index in [0.717, 1.165) is 32.1 Å². The lowest BCUT2D eigenvalue weighted by atomic mass is 9.79. The highest BCUT2D eigenvalue weighted by atomic mass is 16.3. The van der Waals surface area contributed by atoms with E-state index in [1.807, 2.05) is 4.90 Å². The summed E-state index contributed by atoms with van der Waals surface area (Å²) in [4.78, 5) is 14.5. The van der Waals surface area contributed by atoms with Crippen LogP contribution in [0.5, 0.6) is 0 Å². The fourth-order valence-electron chi connectivity index (χ4n) is 3.13. The Kier molecular flexibility index (Phi) is 6.80. The predicted molar refractivity (Wildman–Crippen MR) is 77.6 cm³/mol. The highest BCUT2D eigenvalue weighted by Crippen LogP contribution is 2.29. The summed E-state index contributed by atoms with van der Waals surface area (Å²) < 4.78 is 0. The molecule has 0 aliphatic heterocycles. The average molecular weight is 270 g/mol. The van der Waals surface area contributed by atoms with Gasteiger partial charge in [-0.1, -0.05) is 20.8 Å². The molecule has 0 aromatic heterocycles. The van der Waals surface area contributed by atoms with Crippen LogP contribution >= 0.6 is 0 Å². The maximum atomic E-state index is 12.7. The number of carbonyl (C=O) groups is 1. The van der Waals surface area contributed by atoms with Gasteiger partial charge in [-0.3, -0.25) is 4.79 Å². The molecule has 0 radical (unpaired) electrons. The van der Waals surface area contributed by atoms with Crippen molar-refractivity contribution in [2.24, 2.45) is 17.6 Å². The largest absolute Gasteiger partial charge is 0.395 e. The number of carbonyl (C=O) groups excluding carboxylic acids is 1. The van der Waals surface area contributed by atoms with Gasteiger partial charge in [0.05, 0.1) is 6.61 Å². The first-order chi connectivity index (χ1) is 9.04. The second-order valence-corrected chi connectivity index (χ2v) is 5.88. The molecule has 1 amide bonds. The van der Waals surface area contributed by atoms with Gasteiger partial charge in [0.15, 0.2) is 0 Å². The Bertz CT molecular complexity index is 279. The van der Waals surface area contributed by atoms with Gasteiger partial charge in [-0.05, 0) is 38.0 Å². The first-order valence-electron chi connectivity index (χ1n) is 7.71.